The molecule has 0 bridgehead atoms. The first-order valence-corrected chi connectivity index (χ1v) is 13.5. The van der Waals surface area contributed by atoms with Crippen LogP contribution in [0.5, 0.6) is 0 Å². The summed E-state index contributed by atoms with van der Waals surface area (Å²) in [5, 5.41) is 3.79. The fraction of sp³-hybridized carbons (Fsp3) is 0.231. The third-order valence-corrected chi connectivity index (χ3v) is 9.18. The number of nitrogens with zero attached hydrogens (tertiary/aromatic N) is 2. The highest BCUT2D eigenvalue weighted by Gasteiger charge is 2.28. The van der Waals surface area contributed by atoms with Crippen molar-refractivity contribution in [3.8, 4) is 10.6 Å². The van der Waals surface area contributed by atoms with Gasteiger partial charge in [-0.15, -0.1) is 11.3 Å². The number of carbonyl (C=O) groups is 1. The summed E-state index contributed by atoms with van der Waals surface area (Å²) in [6.07, 6.45) is 1.74. The van der Waals surface area contributed by atoms with Gasteiger partial charge in [0.05, 0.1) is 20.8 Å². The molecule has 0 spiro atoms. The van der Waals surface area contributed by atoms with E-state index in [-0.39, 0.29) is 10.8 Å². The number of amides is 1. The Morgan fingerprint density at radius 3 is 2.38 bits per heavy atom. The maximum absolute atomic E-state index is 13.0. The molecule has 0 saturated carbocycles. The van der Waals surface area contributed by atoms with Crippen molar-refractivity contribution < 1.29 is 13.2 Å². The molecule has 1 amide bonds. The molecule has 5 rings (SSSR count). The normalized spacial score (nSPS) is 15.4. The first-order valence-electron chi connectivity index (χ1n) is 11.3. The number of para-hydroxylation sites is 2. The lowest BCUT2D eigenvalue weighted by Gasteiger charge is -2.29. The van der Waals surface area contributed by atoms with E-state index in [1.54, 1.807) is 23.5 Å². The molecule has 0 aliphatic carbocycles. The zero-order valence-corrected chi connectivity index (χ0v) is 20.4. The molecule has 4 aromatic rings. The van der Waals surface area contributed by atoms with Gasteiger partial charge in [0.1, 0.15) is 5.01 Å². The number of thiazole rings is 1. The highest BCUT2D eigenvalue weighted by molar-refractivity contribution is 7.89. The van der Waals surface area contributed by atoms with Crippen LogP contribution in [0.3, 0.4) is 0 Å². The predicted molar refractivity (Wildman–Crippen MR) is 137 cm³/mol. The minimum absolute atomic E-state index is 0.216. The number of hydrogen-bond donors (Lipinski definition) is 1. The topological polar surface area (TPSA) is 79.4 Å². The van der Waals surface area contributed by atoms with E-state index < -0.39 is 10.0 Å². The molecule has 1 aromatic heterocycles. The molecule has 1 fully saturated rings. The van der Waals surface area contributed by atoms with Gasteiger partial charge >= 0.3 is 0 Å². The molecule has 1 saturated heterocycles. The van der Waals surface area contributed by atoms with Crippen molar-refractivity contribution in [1.29, 1.82) is 0 Å². The van der Waals surface area contributed by atoms with E-state index >= 15 is 0 Å². The molecule has 3 aromatic carbocycles. The monoisotopic (exact) mass is 491 g/mol. The number of sulfonamides is 1. The molecule has 34 heavy (non-hydrogen) atoms. The van der Waals surface area contributed by atoms with E-state index in [1.165, 1.54) is 16.4 Å². The van der Waals surface area contributed by atoms with Gasteiger partial charge in [0, 0.05) is 24.2 Å². The van der Waals surface area contributed by atoms with Gasteiger partial charge in [-0.3, -0.25) is 4.79 Å². The zero-order chi connectivity index (χ0) is 23.7. The van der Waals surface area contributed by atoms with Gasteiger partial charge in [0.15, 0.2) is 0 Å². The predicted octanol–water partition coefficient (Wildman–Crippen LogP) is 5.64. The Morgan fingerprint density at radius 2 is 1.65 bits per heavy atom. The molecule has 1 N–H and O–H groups in total. The van der Waals surface area contributed by atoms with Gasteiger partial charge in [0.25, 0.3) is 5.91 Å². The van der Waals surface area contributed by atoms with Gasteiger partial charge < -0.3 is 5.32 Å². The van der Waals surface area contributed by atoms with Crippen molar-refractivity contribution >= 4 is 43.2 Å². The molecule has 0 atom stereocenters. The van der Waals surface area contributed by atoms with Crippen LogP contribution in [0.15, 0.2) is 77.7 Å². The lowest BCUT2D eigenvalue weighted by molar-refractivity contribution is 0.102. The Hall–Kier alpha value is -3.07. The van der Waals surface area contributed by atoms with Crippen molar-refractivity contribution in [2.75, 3.05) is 18.4 Å². The third kappa shape index (κ3) is 4.49. The number of piperidine rings is 1. The number of carbonyl (C=O) groups excluding carboxylic acids is 1. The second kappa shape index (κ2) is 9.29. The number of fused-ring (bicyclic) bond motifs is 1. The Labute approximate surface area is 203 Å². The summed E-state index contributed by atoms with van der Waals surface area (Å²) in [5.41, 5.74) is 2.81. The standard InChI is InChI=1S/C26H25N3O3S2/c1-18-14-16-29(17-15-18)34(31,32)20-12-10-19(11-13-20)25(30)27-22-7-3-2-6-21(22)26-28-23-8-4-5-9-24(23)33-26/h2-13,18H,14-17H2,1H3,(H,27,30). The van der Waals surface area contributed by atoms with E-state index in [0.717, 1.165) is 33.6 Å². The van der Waals surface area contributed by atoms with E-state index in [2.05, 4.69) is 12.2 Å². The fourth-order valence-electron chi connectivity index (χ4n) is 4.11. The lowest BCUT2D eigenvalue weighted by atomic mass is 10.0. The average molecular weight is 492 g/mol. The summed E-state index contributed by atoms with van der Waals surface area (Å²) in [6.45, 7) is 3.22. The molecule has 0 unspecified atom stereocenters. The molecule has 1 aliphatic heterocycles. The van der Waals surface area contributed by atoms with Gasteiger partial charge in [-0.25, -0.2) is 13.4 Å². The highest BCUT2D eigenvalue weighted by Crippen LogP contribution is 2.34. The summed E-state index contributed by atoms with van der Waals surface area (Å²) >= 11 is 1.57. The number of benzene rings is 3. The number of anilines is 1. The first kappa shape index (κ1) is 22.7. The van der Waals surface area contributed by atoms with Crippen LogP contribution in [-0.2, 0) is 10.0 Å². The third-order valence-electron chi connectivity index (χ3n) is 6.20. The van der Waals surface area contributed by atoms with Gasteiger partial charge in [-0.2, -0.15) is 4.31 Å². The highest BCUT2D eigenvalue weighted by atomic mass is 32.2. The molecular weight excluding hydrogens is 466 g/mol. The molecule has 8 heteroatoms. The van der Waals surface area contributed by atoms with Crippen molar-refractivity contribution in [1.82, 2.24) is 9.29 Å². The maximum atomic E-state index is 13.0. The van der Waals surface area contributed by atoms with E-state index in [4.69, 9.17) is 4.98 Å². The van der Waals surface area contributed by atoms with Crippen LogP contribution in [0.4, 0.5) is 5.69 Å². The van der Waals surface area contributed by atoms with Crippen LogP contribution < -0.4 is 5.32 Å². The van der Waals surface area contributed by atoms with E-state index in [9.17, 15) is 13.2 Å². The van der Waals surface area contributed by atoms with Crippen LogP contribution in [0.2, 0.25) is 0 Å². The van der Waals surface area contributed by atoms with Crippen LogP contribution in [0.1, 0.15) is 30.1 Å². The zero-order valence-electron chi connectivity index (χ0n) is 18.8. The second-order valence-corrected chi connectivity index (χ2v) is 11.6. The Morgan fingerprint density at radius 1 is 0.971 bits per heavy atom. The Kier molecular flexibility index (Phi) is 6.20. The second-order valence-electron chi connectivity index (χ2n) is 8.60. The van der Waals surface area contributed by atoms with Crippen molar-refractivity contribution in [3.05, 3.63) is 78.4 Å². The average Bonchev–Trinajstić information content (AvgIpc) is 3.29. The van der Waals surface area contributed by atoms with Crippen LogP contribution in [0.25, 0.3) is 20.8 Å². The number of nitrogens with one attached hydrogen (secondary N) is 1. The van der Waals surface area contributed by atoms with Gasteiger partial charge in [0.2, 0.25) is 10.0 Å². The summed E-state index contributed by atoms with van der Waals surface area (Å²) in [5.74, 6) is 0.243. The first-order chi connectivity index (χ1) is 16.4. The lowest BCUT2D eigenvalue weighted by Crippen LogP contribution is -2.37. The quantitative estimate of drug-likeness (QED) is 0.392. The molecule has 2 heterocycles. The Balaban J connectivity index is 1.35. The van der Waals surface area contributed by atoms with Crippen molar-refractivity contribution in [2.45, 2.75) is 24.7 Å². The van der Waals surface area contributed by atoms with Crippen LogP contribution in [0, 0.1) is 5.92 Å². The summed E-state index contributed by atoms with van der Waals surface area (Å²) in [6, 6.07) is 21.6. The van der Waals surface area contributed by atoms with Gasteiger partial charge in [-0.05, 0) is 67.3 Å². The summed E-state index contributed by atoms with van der Waals surface area (Å²) in [4.78, 5) is 17.9. The SMILES string of the molecule is CC1CCN(S(=O)(=O)c2ccc(C(=O)Nc3ccccc3-c3nc4ccccc4s3)cc2)CC1. The molecule has 6 nitrogen and oxygen atoms in total. The number of hydrogen-bond acceptors (Lipinski definition) is 5. The van der Waals surface area contributed by atoms with Crippen molar-refractivity contribution in [2.24, 2.45) is 5.92 Å². The summed E-state index contributed by atoms with van der Waals surface area (Å²) in [7, 11) is -3.55. The molecule has 174 valence electrons. The van der Waals surface area contributed by atoms with Crippen molar-refractivity contribution in [3.63, 3.8) is 0 Å². The molecule has 1 aliphatic rings. The summed E-state index contributed by atoms with van der Waals surface area (Å²) < 4.78 is 28.5. The maximum Gasteiger partial charge on any atom is 0.255 e. The Bertz CT molecular complexity index is 1400. The van der Waals surface area contributed by atoms with E-state index in [1.807, 2.05) is 48.5 Å². The largest absolute Gasteiger partial charge is 0.321 e. The smallest absolute Gasteiger partial charge is 0.255 e. The minimum Gasteiger partial charge on any atom is -0.321 e. The fourth-order valence-corrected chi connectivity index (χ4v) is 6.59. The molecular formula is C26H25N3O3S2. The van der Waals surface area contributed by atoms with Crippen LogP contribution >= 0.6 is 11.3 Å². The van der Waals surface area contributed by atoms with E-state index in [0.29, 0.717) is 30.3 Å². The number of aromatic nitrogens is 1. The van der Waals surface area contributed by atoms with Gasteiger partial charge in [-0.1, -0.05) is 31.2 Å². The van der Waals surface area contributed by atoms with Crippen LogP contribution in [-0.4, -0.2) is 36.7 Å². The molecule has 0 radical (unpaired) electrons. The number of rotatable bonds is 5. The minimum atomic E-state index is -3.55.